The van der Waals surface area contributed by atoms with Gasteiger partial charge in [0.15, 0.2) is 5.65 Å². The van der Waals surface area contributed by atoms with E-state index in [1.165, 1.54) is 12.1 Å². The lowest BCUT2D eigenvalue weighted by atomic mass is 9.95. The minimum absolute atomic E-state index is 0.0163. The van der Waals surface area contributed by atoms with Crippen molar-refractivity contribution >= 4 is 34.4 Å². The molecule has 6 nitrogen and oxygen atoms in total. The molecular weight excluding hydrogens is 381 g/mol. The fourth-order valence-corrected chi connectivity index (χ4v) is 3.61. The van der Waals surface area contributed by atoms with Crippen molar-refractivity contribution in [2.75, 3.05) is 18.0 Å². The molecule has 2 aromatic heterocycles. The summed E-state index contributed by atoms with van der Waals surface area (Å²) in [4.78, 5) is 27.5. The van der Waals surface area contributed by atoms with Gasteiger partial charge in [0.2, 0.25) is 5.91 Å². The first-order valence-corrected chi connectivity index (χ1v) is 9.51. The van der Waals surface area contributed by atoms with Crippen molar-refractivity contribution in [3.63, 3.8) is 0 Å². The molecule has 8 heteroatoms. The number of amides is 1. The third-order valence-corrected chi connectivity index (χ3v) is 5.28. The number of nitrogens with zero attached hydrogens (tertiary/aromatic N) is 4. The lowest BCUT2D eigenvalue weighted by molar-refractivity contribution is -0.125. The molecule has 1 aliphatic heterocycles. The minimum atomic E-state index is -0.460. The lowest BCUT2D eigenvalue weighted by Crippen LogP contribution is -2.40. The molecule has 1 amide bonds. The normalized spacial score (nSPS) is 15.0. The largest absolute Gasteiger partial charge is 0.370 e. The van der Waals surface area contributed by atoms with Gasteiger partial charge in [0.05, 0.1) is 16.9 Å². The van der Waals surface area contributed by atoms with Crippen LogP contribution >= 0.6 is 11.6 Å². The molecule has 0 spiro atoms. The van der Waals surface area contributed by atoms with E-state index >= 15 is 0 Å². The highest BCUT2D eigenvalue weighted by molar-refractivity contribution is 6.30. The summed E-state index contributed by atoms with van der Waals surface area (Å²) < 4.78 is 13.2. The second-order valence-electron chi connectivity index (χ2n) is 6.82. The molecule has 0 aliphatic carbocycles. The molecular formula is C20H19ClFN5O. The predicted molar refractivity (Wildman–Crippen MR) is 106 cm³/mol. The van der Waals surface area contributed by atoms with Crippen LogP contribution in [0.4, 0.5) is 10.1 Å². The van der Waals surface area contributed by atoms with Crippen molar-refractivity contribution in [1.82, 2.24) is 20.3 Å². The van der Waals surface area contributed by atoms with Crippen LogP contribution in [0.5, 0.6) is 0 Å². The van der Waals surface area contributed by atoms with Gasteiger partial charge < -0.3 is 10.2 Å². The molecule has 0 saturated carbocycles. The topological polar surface area (TPSA) is 71.0 Å². The molecule has 0 unspecified atom stereocenters. The van der Waals surface area contributed by atoms with Crippen molar-refractivity contribution < 1.29 is 9.18 Å². The quantitative estimate of drug-likeness (QED) is 0.728. The highest BCUT2D eigenvalue weighted by Crippen LogP contribution is 2.24. The van der Waals surface area contributed by atoms with Crippen LogP contribution in [0.25, 0.3) is 11.2 Å². The average molecular weight is 400 g/mol. The number of carbonyl (C=O) groups excluding carboxylic acids is 1. The zero-order valence-electron chi connectivity index (χ0n) is 15.1. The first-order chi connectivity index (χ1) is 13.6. The highest BCUT2D eigenvalue weighted by Gasteiger charge is 2.25. The first kappa shape index (κ1) is 18.6. The van der Waals surface area contributed by atoms with E-state index in [4.69, 9.17) is 11.6 Å². The maximum Gasteiger partial charge on any atom is 0.223 e. The van der Waals surface area contributed by atoms with Crippen LogP contribution in [0.3, 0.4) is 0 Å². The molecule has 1 aliphatic rings. The van der Waals surface area contributed by atoms with Crippen LogP contribution in [0.1, 0.15) is 18.4 Å². The monoisotopic (exact) mass is 399 g/mol. The standard InChI is InChI=1S/C20H19ClFN5O/c21-16-9-13(1-2-17(16)22)11-26-20(28)14-3-7-27(8-4-14)15-10-18-19(25-12-15)24-6-5-23-18/h1-2,5-6,9-10,12,14H,3-4,7-8,11H2,(H,26,28). The number of carbonyl (C=O) groups is 1. The number of benzene rings is 1. The van der Waals surface area contributed by atoms with Gasteiger partial charge in [0.1, 0.15) is 11.3 Å². The molecule has 1 saturated heterocycles. The number of hydrogen-bond acceptors (Lipinski definition) is 5. The summed E-state index contributed by atoms with van der Waals surface area (Å²) in [5.74, 6) is -0.485. The van der Waals surface area contributed by atoms with Crippen molar-refractivity contribution in [1.29, 1.82) is 0 Å². The van der Waals surface area contributed by atoms with E-state index in [-0.39, 0.29) is 16.8 Å². The minimum Gasteiger partial charge on any atom is -0.370 e. The van der Waals surface area contributed by atoms with Gasteiger partial charge >= 0.3 is 0 Å². The molecule has 0 atom stereocenters. The van der Waals surface area contributed by atoms with E-state index in [9.17, 15) is 9.18 Å². The van der Waals surface area contributed by atoms with Crippen molar-refractivity contribution in [3.05, 3.63) is 59.3 Å². The molecule has 1 aromatic carbocycles. The maximum absolute atomic E-state index is 13.2. The lowest BCUT2D eigenvalue weighted by Gasteiger charge is -2.32. The second kappa shape index (κ2) is 8.06. The van der Waals surface area contributed by atoms with Crippen LogP contribution in [-0.2, 0) is 11.3 Å². The molecule has 1 N–H and O–H groups in total. The highest BCUT2D eigenvalue weighted by atomic mass is 35.5. The molecule has 0 radical (unpaired) electrons. The Kier molecular flexibility index (Phi) is 5.34. The second-order valence-corrected chi connectivity index (χ2v) is 7.23. The van der Waals surface area contributed by atoms with Gasteiger partial charge in [-0.15, -0.1) is 0 Å². The summed E-state index contributed by atoms with van der Waals surface area (Å²) in [6.45, 7) is 1.88. The molecule has 28 heavy (non-hydrogen) atoms. The van der Waals surface area contributed by atoms with Crippen molar-refractivity contribution in [2.45, 2.75) is 19.4 Å². The summed E-state index contributed by atoms with van der Waals surface area (Å²) in [5.41, 5.74) is 3.16. The van der Waals surface area contributed by atoms with Gasteiger partial charge in [0.25, 0.3) is 0 Å². The molecule has 3 aromatic rings. The van der Waals surface area contributed by atoms with Crippen LogP contribution in [0.15, 0.2) is 42.9 Å². The Bertz CT molecular complexity index is 1010. The van der Waals surface area contributed by atoms with Gasteiger partial charge in [-0.25, -0.2) is 14.4 Å². The number of hydrogen-bond donors (Lipinski definition) is 1. The molecule has 144 valence electrons. The number of piperidine rings is 1. The number of fused-ring (bicyclic) bond motifs is 1. The van der Waals surface area contributed by atoms with Crippen LogP contribution < -0.4 is 10.2 Å². The number of halogens is 2. The Morgan fingerprint density at radius 2 is 1.96 bits per heavy atom. The summed E-state index contributed by atoms with van der Waals surface area (Å²) in [5, 5.41) is 2.99. The third-order valence-electron chi connectivity index (χ3n) is 4.99. The van der Waals surface area contributed by atoms with E-state index in [2.05, 4.69) is 25.2 Å². The average Bonchev–Trinajstić information content (AvgIpc) is 2.74. The third kappa shape index (κ3) is 4.04. The van der Waals surface area contributed by atoms with E-state index < -0.39 is 5.82 Å². The zero-order valence-corrected chi connectivity index (χ0v) is 15.9. The number of rotatable bonds is 4. The summed E-state index contributed by atoms with van der Waals surface area (Å²) in [6.07, 6.45) is 6.59. The summed E-state index contributed by atoms with van der Waals surface area (Å²) in [7, 11) is 0. The van der Waals surface area contributed by atoms with E-state index in [1.807, 2.05) is 6.07 Å². The Morgan fingerprint density at radius 1 is 1.18 bits per heavy atom. The molecule has 0 bridgehead atoms. The van der Waals surface area contributed by atoms with E-state index in [0.717, 1.165) is 42.7 Å². The number of nitrogens with one attached hydrogen (secondary N) is 1. The maximum atomic E-state index is 13.2. The summed E-state index contributed by atoms with van der Waals surface area (Å²) in [6, 6.07) is 6.45. The van der Waals surface area contributed by atoms with E-state index in [1.54, 1.807) is 24.7 Å². The number of pyridine rings is 1. The Hall–Kier alpha value is -2.80. The molecule has 3 heterocycles. The smallest absolute Gasteiger partial charge is 0.223 e. The van der Waals surface area contributed by atoms with Gasteiger partial charge in [-0.3, -0.25) is 9.78 Å². The number of aromatic nitrogens is 3. The van der Waals surface area contributed by atoms with Crippen LogP contribution in [0.2, 0.25) is 5.02 Å². The fraction of sp³-hybridized carbons (Fsp3) is 0.300. The Morgan fingerprint density at radius 3 is 2.75 bits per heavy atom. The van der Waals surface area contributed by atoms with Crippen molar-refractivity contribution in [3.8, 4) is 0 Å². The van der Waals surface area contributed by atoms with Gasteiger partial charge in [-0.2, -0.15) is 0 Å². The predicted octanol–water partition coefficient (Wildman–Crippen LogP) is 3.35. The van der Waals surface area contributed by atoms with Crippen LogP contribution in [0, 0.1) is 11.7 Å². The van der Waals surface area contributed by atoms with Gasteiger partial charge in [0, 0.05) is 37.9 Å². The van der Waals surface area contributed by atoms with Crippen LogP contribution in [-0.4, -0.2) is 33.9 Å². The van der Waals surface area contributed by atoms with Gasteiger partial charge in [-0.1, -0.05) is 17.7 Å². The van der Waals surface area contributed by atoms with Gasteiger partial charge in [-0.05, 0) is 36.6 Å². The summed E-state index contributed by atoms with van der Waals surface area (Å²) >= 11 is 5.78. The Labute approximate surface area is 166 Å². The van der Waals surface area contributed by atoms with E-state index in [0.29, 0.717) is 12.2 Å². The Balaban J connectivity index is 1.32. The molecule has 1 fully saturated rings. The van der Waals surface area contributed by atoms with Crippen molar-refractivity contribution in [2.24, 2.45) is 5.92 Å². The first-order valence-electron chi connectivity index (χ1n) is 9.13. The molecule has 4 rings (SSSR count). The fourth-order valence-electron chi connectivity index (χ4n) is 3.40. The SMILES string of the molecule is O=C(NCc1ccc(F)c(Cl)c1)C1CCN(c2cnc3nccnc3c2)CC1. The zero-order chi connectivity index (χ0) is 19.5. The number of anilines is 1.